The minimum atomic E-state index is -1.77. The summed E-state index contributed by atoms with van der Waals surface area (Å²) in [6.07, 6.45) is -13.9. The van der Waals surface area contributed by atoms with E-state index in [2.05, 4.69) is 6.58 Å². The number of esters is 7. The van der Waals surface area contributed by atoms with Crippen LogP contribution in [-0.4, -0.2) is 123 Å². The molecule has 0 saturated carbocycles. The lowest BCUT2D eigenvalue weighted by Crippen LogP contribution is -2.67. The zero-order valence-corrected chi connectivity index (χ0v) is 27.0. The molecule has 0 bridgehead atoms. The van der Waals surface area contributed by atoms with E-state index in [1.807, 2.05) is 0 Å². The second-order valence-electron chi connectivity index (χ2n) is 10.3. The third-order valence-electron chi connectivity index (χ3n) is 6.26. The topological polar surface area (TPSA) is 221 Å². The predicted molar refractivity (Wildman–Crippen MR) is 149 cm³/mol. The summed E-state index contributed by atoms with van der Waals surface area (Å²) >= 11 is 0. The van der Waals surface area contributed by atoms with E-state index in [0.29, 0.717) is 0 Å². The minimum absolute atomic E-state index is 0.110. The highest BCUT2D eigenvalue weighted by atomic mass is 16.8. The van der Waals surface area contributed by atoms with Crippen molar-refractivity contribution in [1.82, 2.24) is 0 Å². The molecule has 2 saturated heterocycles. The summed E-state index contributed by atoms with van der Waals surface area (Å²) in [5.74, 6) is -5.81. The summed E-state index contributed by atoms with van der Waals surface area (Å²) in [4.78, 5) is 84.6. The van der Waals surface area contributed by atoms with Crippen LogP contribution in [0.3, 0.4) is 0 Å². The fourth-order valence-corrected chi connectivity index (χ4v) is 4.77. The number of ether oxygens (including phenoxy) is 11. The molecule has 0 spiro atoms. The number of hydrogen-bond acceptors (Lipinski definition) is 18. The van der Waals surface area contributed by atoms with Crippen LogP contribution in [0.1, 0.15) is 48.5 Å². The van der Waals surface area contributed by atoms with Gasteiger partial charge >= 0.3 is 41.8 Å². The van der Waals surface area contributed by atoms with Crippen LogP contribution in [0.5, 0.6) is 0 Å². The second kappa shape index (κ2) is 18.3. The summed E-state index contributed by atoms with van der Waals surface area (Å²) in [5.41, 5.74) is 0. The molecule has 0 aromatic heterocycles. The highest BCUT2D eigenvalue weighted by Gasteiger charge is 2.57. The summed E-state index contributed by atoms with van der Waals surface area (Å²) in [5, 5.41) is 0. The molecular formula is C29H40O18. The van der Waals surface area contributed by atoms with Gasteiger partial charge in [-0.25, -0.2) is 0 Å². The molecule has 18 nitrogen and oxygen atoms in total. The first kappa shape index (κ1) is 39.1. The number of rotatable bonds is 14. The van der Waals surface area contributed by atoms with E-state index in [4.69, 9.17) is 52.1 Å². The van der Waals surface area contributed by atoms with Crippen LogP contribution >= 0.6 is 0 Å². The third-order valence-corrected chi connectivity index (χ3v) is 6.26. The molecule has 0 radical (unpaired) electrons. The Labute approximate surface area is 270 Å². The van der Waals surface area contributed by atoms with Crippen molar-refractivity contribution in [3.8, 4) is 0 Å². The zero-order valence-electron chi connectivity index (χ0n) is 27.0. The SMILES string of the molecule is C=CCO[C@@H]1O[C@H](COC(C)=O)[C@@H](O[C@@H]2O[C@H](COC(C)=O)[C@@H](OC(C)=O)[C@H](OC(C)=O)[C@H]2OC(C)=O)[C@H](OC(C)=O)[C@H]1OC(C)=O. The second-order valence-corrected chi connectivity index (χ2v) is 10.3. The third kappa shape index (κ3) is 12.2. The van der Waals surface area contributed by atoms with Crippen LogP contribution in [0.4, 0.5) is 0 Å². The Morgan fingerprint density at radius 3 is 1.30 bits per heavy atom. The Bertz CT molecular complexity index is 1170. The standard InChI is InChI=1S/C29H40O18/c1-9-10-37-28-26(43-18(7)35)25(42-17(6)34)23(21(45-28)12-39-14(3)31)47-29-27(44-19(8)36)24(41-16(5)33)22(40-15(4)32)20(46-29)11-38-13(2)30/h9,20-29H,1,10-12H2,2-8H3/t20-,21-,22-,23-,24+,25+,26-,27-,28-,29+/m1/s1. The first-order valence-corrected chi connectivity index (χ1v) is 14.4. The van der Waals surface area contributed by atoms with Crippen molar-refractivity contribution >= 4 is 41.8 Å². The quantitative estimate of drug-likeness (QED) is 0.132. The van der Waals surface area contributed by atoms with Crippen molar-refractivity contribution in [2.45, 2.75) is 110 Å². The van der Waals surface area contributed by atoms with Crippen molar-refractivity contribution < 1.29 is 85.7 Å². The van der Waals surface area contributed by atoms with Gasteiger partial charge in [0.1, 0.15) is 31.5 Å². The van der Waals surface area contributed by atoms with E-state index in [1.54, 1.807) is 0 Å². The average Bonchev–Trinajstić information content (AvgIpc) is 2.94. The first-order valence-electron chi connectivity index (χ1n) is 14.4. The van der Waals surface area contributed by atoms with Crippen LogP contribution in [0.2, 0.25) is 0 Å². The molecule has 264 valence electrons. The molecule has 0 aromatic rings. The maximum absolute atomic E-state index is 12.3. The van der Waals surface area contributed by atoms with Gasteiger partial charge in [-0.05, 0) is 0 Å². The lowest BCUT2D eigenvalue weighted by atomic mass is 9.96. The summed E-state index contributed by atoms with van der Waals surface area (Å²) in [6, 6.07) is 0. The van der Waals surface area contributed by atoms with E-state index in [1.165, 1.54) is 6.08 Å². The van der Waals surface area contributed by atoms with Crippen LogP contribution in [0, 0.1) is 0 Å². The van der Waals surface area contributed by atoms with Crippen molar-refractivity contribution in [2.24, 2.45) is 0 Å². The maximum atomic E-state index is 12.3. The fourth-order valence-electron chi connectivity index (χ4n) is 4.77. The lowest BCUT2D eigenvalue weighted by Gasteiger charge is -2.48. The van der Waals surface area contributed by atoms with E-state index >= 15 is 0 Å². The van der Waals surface area contributed by atoms with Crippen LogP contribution in [0.25, 0.3) is 0 Å². The molecule has 2 aliphatic rings. The number of carbonyl (C=O) groups is 7. The molecule has 2 rings (SSSR count). The van der Waals surface area contributed by atoms with Crippen molar-refractivity contribution in [1.29, 1.82) is 0 Å². The molecule has 2 heterocycles. The number of carbonyl (C=O) groups excluding carboxylic acids is 7. The van der Waals surface area contributed by atoms with Crippen LogP contribution in [-0.2, 0) is 85.7 Å². The molecule has 18 heteroatoms. The van der Waals surface area contributed by atoms with Gasteiger partial charge in [-0.15, -0.1) is 6.58 Å². The fraction of sp³-hybridized carbons (Fsp3) is 0.690. The van der Waals surface area contributed by atoms with Crippen molar-refractivity contribution in [3.05, 3.63) is 12.7 Å². The molecule has 0 aliphatic carbocycles. The molecule has 0 unspecified atom stereocenters. The Morgan fingerprint density at radius 1 is 0.511 bits per heavy atom. The molecule has 2 fully saturated rings. The Hall–Kier alpha value is -4.13. The van der Waals surface area contributed by atoms with Gasteiger partial charge in [0, 0.05) is 48.5 Å². The van der Waals surface area contributed by atoms with Crippen molar-refractivity contribution in [3.63, 3.8) is 0 Å². The highest BCUT2D eigenvalue weighted by Crippen LogP contribution is 2.35. The lowest BCUT2D eigenvalue weighted by molar-refractivity contribution is -0.360. The van der Waals surface area contributed by atoms with E-state index in [9.17, 15) is 33.6 Å². The van der Waals surface area contributed by atoms with Gasteiger partial charge in [-0.2, -0.15) is 0 Å². The Morgan fingerprint density at radius 2 is 0.872 bits per heavy atom. The molecule has 0 aromatic carbocycles. The molecular weight excluding hydrogens is 636 g/mol. The summed E-state index contributed by atoms with van der Waals surface area (Å²) in [7, 11) is 0. The predicted octanol–water partition coefficient (Wildman–Crippen LogP) is -0.191. The first-order chi connectivity index (χ1) is 22.0. The maximum Gasteiger partial charge on any atom is 0.303 e. The highest BCUT2D eigenvalue weighted by molar-refractivity contribution is 5.69. The van der Waals surface area contributed by atoms with Gasteiger partial charge in [-0.3, -0.25) is 33.6 Å². The molecule has 10 atom stereocenters. The molecule has 0 N–H and O–H groups in total. The Balaban J connectivity index is 2.72. The van der Waals surface area contributed by atoms with Crippen molar-refractivity contribution in [2.75, 3.05) is 19.8 Å². The van der Waals surface area contributed by atoms with Crippen LogP contribution < -0.4 is 0 Å². The van der Waals surface area contributed by atoms with Crippen LogP contribution in [0.15, 0.2) is 12.7 Å². The van der Waals surface area contributed by atoms with Gasteiger partial charge in [-0.1, -0.05) is 6.08 Å². The largest absolute Gasteiger partial charge is 0.463 e. The number of hydrogen-bond donors (Lipinski definition) is 0. The summed E-state index contributed by atoms with van der Waals surface area (Å²) < 4.78 is 61.3. The Kier molecular flexibility index (Phi) is 15.2. The summed E-state index contributed by atoms with van der Waals surface area (Å²) in [6.45, 7) is 9.85. The van der Waals surface area contributed by atoms with E-state index < -0.39 is 116 Å². The average molecular weight is 677 g/mol. The molecule has 47 heavy (non-hydrogen) atoms. The van der Waals surface area contributed by atoms with E-state index in [-0.39, 0.29) is 6.61 Å². The normalized spacial score (nSPS) is 30.1. The molecule has 0 amide bonds. The smallest absolute Gasteiger partial charge is 0.303 e. The van der Waals surface area contributed by atoms with Gasteiger partial charge in [0.05, 0.1) is 6.61 Å². The van der Waals surface area contributed by atoms with Gasteiger partial charge in [0.15, 0.2) is 43.1 Å². The van der Waals surface area contributed by atoms with E-state index in [0.717, 1.165) is 48.5 Å². The molecule has 2 aliphatic heterocycles. The monoisotopic (exact) mass is 676 g/mol. The van der Waals surface area contributed by atoms with Gasteiger partial charge < -0.3 is 52.1 Å². The van der Waals surface area contributed by atoms with Gasteiger partial charge in [0.2, 0.25) is 0 Å². The zero-order chi connectivity index (χ0) is 35.4. The minimum Gasteiger partial charge on any atom is -0.463 e. The van der Waals surface area contributed by atoms with Gasteiger partial charge in [0.25, 0.3) is 0 Å².